The van der Waals surface area contributed by atoms with Crippen LogP contribution in [0.1, 0.15) is 0 Å². The summed E-state index contributed by atoms with van der Waals surface area (Å²) in [6, 6.07) is 12.0. The van der Waals surface area contributed by atoms with Crippen molar-refractivity contribution in [2.24, 2.45) is 0 Å². The monoisotopic (exact) mass is 256 g/mol. The van der Waals surface area contributed by atoms with Crippen LogP contribution in [0.2, 0.25) is 0 Å². The normalized spacial score (nSPS) is 6.44. The van der Waals surface area contributed by atoms with Crippen LogP contribution in [0.15, 0.2) is 36.4 Å². The summed E-state index contributed by atoms with van der Waals surface area (Å²) < 4.78 is 0. The summed E-state index contributed by atoms with van der Waals surface area (Å²) in [4.78, 5) is 0. The molecule has 0 aliphatic carbocycles. The average molecular weight is 259 g/mol. The molecule has 0 aliphatic rings. The zero-order chi connectivity index (χ0) is 6.95. The Hall–Kier alpha value is 0.613. The molecule has 0 bridgehead atoms. The Labute approximate surface area is 73.6 Å². The van der Waals surface area contributed by atoms with E-state index in [2.05, 4.69) is 13.6 Å². The Balaban J connectivity index is 0.000000187. The van der Waals surface area contributed by atoms with Crippen LogP contribution in [0.5, 0.6) is 0 Å². The molecule has 0 unspecified atom stereocenters. The first kappa shape index (κ1) is 9.61. The van der Waals surface area contributed by atoms with Crippen LogP contribution in [0.3, 0.4) is 0 Å². The van der Waals surface area contributed by atoms with Crippen LogP contribution in [0.25, 0.3) is 0 Å². The third-order valence-corrected chi connectivity index (χ3v) is 0.667. The Bertz CT molecular complexity index is 95.9. The molecule has 0 aliphatic heterocycles. The molecule has 1 rings (SSSR count). The standard InChI is InChI=1S/C6H6.BrH.ClH.Zn/c1-2-4-6-5-3-1;;;/h1-6H;2*1H;/q;;;+2/p-2. The Morgan fingerprint density at radius 3 is 1.11 bits per heavy atom. The van der Waals surface area contributed by atoms with Crippen molar-refractivity contribution in [3.63, 3.8) is 0 Å². The van der Waals surface area contributed by atoms with Crippen molar-refractivity contribution in [2.45, 2.75) is 0 Å². The van der Waals surface area contributed by atoms with Gasteiger partial charge in [-0.15, -0.1) is 0 Å². The molecule has 3 heteroatoms. The Morgan fingerprint density at radius 1 is 0.889 bits per heavy atom. The minimum Gasteiger partial charge on any atom is -0.0623 e. The van der Waals surface area contributed by atoms with Gasteiger partial charge in [0.05, 0.1) is 0 Å². The van der Waals surface area contributed by atoms with E-state index in [0.29, 0.717) is 0 Å². The van der Waals surface area contributed by atoms with Crippen LogP contribution in [-0.4, -0.2) is 0 Å². The maximum Gasteiger partial charge on any atom is -0.0623 e. The summed E-state index contributed by atoms with van der Waals surface area (Å²) in [5, 5.41) is 0. The van der Waals surface area contributed by atoms with E-state index in [4.69, 9.17) is 9.69 Å². The second kappa shape index (κ2) is 8.61. The second-order valence-corrected chi connectivity index (χ2v) is 9.34. The van der Waals surface area contributed by atoms with Gasteiger partial charge in [0, 0.05) is 0 Å². The van der Waals surface area contributed by atoms with Gasteiger partial charge in [-0.1, -0.05) is 36.4 Å². The number of hydrogen-bond acceptors (Lipinski definition) is 0. The molecule has 1 aromatic carbocycles. The van der Waals surface area contributed by atoms with E-state index in [1.165, 1.54) is 0 Å². The first-order chi connectivity index (χ1) is 4.41. The van der Waals surface area contributed by atoms with Gasteiger partial charge in [-0.2, -0.15) is 0 Å². The van der Waals surface area contributed by atoms with Crippen molar-refractivity contribution in [1.29, 1.82) is 0 Å². The van der Waals surface area contributed by atoms with Crippen molar-refractivity contribution in [2.75, 3.05) is 0 Å². The minimum atomic E-state index is -0.590. The van der Waals surface area contributed by atoms with Crippen LogP contribution in [-0.2, 0) is 14.2 Å². The van der Waals surface area contributed by atoms with Gasteiger partial charge in [0.15, 0.2) is 0 Å². The molecule has 0 aromatic heterocycles. The van der Waals surface area contributed by atoms with Crippen molar-refractivity contribution < 1.29 is 14.2 Å². The molecular formula is C6H6BrClZn. The fourth-order valence-electron chi connectivity index (χ4n) is 0.385. The van der Waals surface area contributed by atoms with E-state index in [1.807, 2.05) is 36.4 Å². The molecule has 0 saturated heterocycles. The predicted molar refractivity (Wildman–Crippen MR) is 41.2 cm³/mol. The van der Waals surface area contributed by atoms with E-state index in [-0.39, 0.29) is 0 Å². The zero-order valence-electron chi connectivity index (χ0n) is 4.93. The van der Waals surface area contributed by atoms with E-state index in [0.717, 1.165) is 0 Å². The topological polar surface area (TPSA) is 0 Å². The van der Waals surface area contributed by atoms with Gasteiger partial charge >= 0.3 is 37.5 Å². The van der Waals surface area contributed by atoms with E-state index < -0.39 is 14.2 Å². The largest absolute Gasteiger partial charge is 0.0623 e. The first-order valence-corrected chi connectivity index (χ1v) is 13.4. The molecule has 0 amide bonds. The summed E-state index contributed by atoms with van der Waals surface area (Å²) in [6.45, 7) is 0. The fourth-order valence-corrected chi connectivity index (χ4v) is 0.385. The van der Waals surface area contributed by atoms with Gasteiger partial charge < -0.3 is 0 Å². The molecule has 0 radical (unpaired) electrons. The van der Waals surface area contributed by atoms with Gasteiger partial charge in [-0.3, -0.25) is 0 Å². The fraction of sp³-hybridized carbons (Fsp3) is 0. The van der Waals surface area contributed by atoms with Gasteiger partial charge in [-0.05, 0) is 0 Å². The summed E-state index contributed by atoms with van der Waals surface area (Å²) >= 11 is 2.51. The molecule has 0 nitrogen and oxygen atoms in total. The molecule has 0 fully saturated rings. The number of rotatable bonds is 0. The van der Waals surface area contributed by atoms with Crippen LogP contribution >= 0.6 is 23.3 Å². The van der Waals surface area contributed by atoms with Crippen LogP contribution in [0.4, 0.5) is 0 Å². The number of hydrogen-bond donors (Lipinski definition) is 0. The molecule has 9 heavy (non-hydrogen) atoms. The number of halogens is 2. The molecule has 0 N–H and O–H groups in total. The molecule has 0 spiro atoms. The molecule has 0 heterocycles. The second-order valence-electron chi connectivity index (χ2n) is 1.26. The van der Waals surface area contributed by atoms with Crippen molar-refractivity contribution >= 4 is 23.3 Å². The third-order valence-electron chi connectivity index (χ3n) is 0.667. The Kier molecular flexibility index (Phi) is 9.20. The summed E-state index contributed by atoms with van der Waals surface area (Å²) in [5.74, 6) is 0. The quantitative estimate of drug-likeness (QED) is 0.627. The van der Waals surface area contributed by atoms with E-state index in [1.54, 1.807) is 0 Å². The van der Waals surface area contributed by atoms with Crippen LogP contribution < -0.4 is 0 Å². The van der Waals surface area contributed by atoms with Crippen molar-refractivity contribution in [3.05, 3.63) is 36.4 Å². The molecule has 0 saturated carbocycles. The van der Waals surface area contributed by atoms with Gasteiger partial charge in [0.25, 0.3) is 0 Å². The molecule has 46 valence electrons. The maximum atomic E-state index is 5.10. The molecule has 0 atom stereocenters. The SMILES string of the molecule is [Cl][Zn][Br].c1ccccc1. The maximum absolute atomic E-state index is 5.10. The summed E-state index contributed by atoms with van der Waals surface area (Å²) in [7, 11) is 5.10. The third kappa shape index (κ3) is 8.61. The van der Waals surface area contributed by atoms with Crippen LogP contribution in [0, 0.1) is 0 Å². The molecular weight excluding hydrogens is 253 g/mol. The predicted octanol–water partition coefficient (Wildman–Crippen LogP) is 3.22. The average Bonchev–Trinajstić information content (AvgIpc) is 1.93. The van der Waals surface area contributed by atoms with Gasteiger partial charge in [-0.25, -0.2) is 0 Å². The summed E-state index contributed by atoms with van der Waals surface area (Å²) in [5.41, 5.74) is 0. The Morgan fingerprint density at radius 2 is 1.00 bits per heavy atom. The first-order valence-electron chi connectivity index (χ1n) is 2.53. The smallest absolute Gasteiger partial charge is 0.0623 e. The number of benzene rings is 1. The van der Waals surface area contributed by atoms with Gasteiger partial charge in [0.1, 0.15) is 0 Å². The van der Waals surface area contributed by atoms with Crippen molar-refractivity contribution in [1.82, 2.24) is 0 Å². The van der Waals surface area contributed by atoms with Crippen molar-refractivity contribution in [3.8, 4) is 0 Å². The van der Waals surface area contributed by atoms with E-state index in [9.17, 15) is 0 Å². The minimum absolute atomic E-state index is 0.590. The summed E-state index contributed by atoms with van der Waals surface area (Å²) in [6.07, 6.45) is 0. The molecule has 1 aromatic rings. The zero-order valence-corrected chi connectivity index (χ0v) is 10.2. The van der Waals surface area contributed by atoms with Gasteiger partial charge in [0.2, 0.25) is 0 Å². The van der Waals surface area contributed by atoms with E-state index >= 15 is 0 Å².